The third-order valence-corrected chi connectivity index (χ3v) is 0.955. The van der Waals surface area contributed by atoms with Gasteiger partial charge < -0.3 is 10.2 Å². The number of rotatable bonds is 4. The second kappa shape index (κ2) is 5.03. The van der Waals surface area contributed by atoms with Crippen LogP contribution in [0, 0.1) is 0 Å². The first-order chi connectivity index (χ1) is 3.81. The topological polar surface area (TPSA) is 64.3 Å². The zero-order valence-corrected chi connectivity index (χ0v) is 4.80. The van der Waals surface area contributed by atoms with Gasteiger partial charge in [0, 0.05) is 19.3 Å². The number of aliphatic hydroxyl groups excluding tert-OH is 2. The van der Waals surface area contributed by atoms with Crippen LogP contribution in [0.2, 0.25) is 0 Å². The molecule has 1 radical (unpaired) electrons. The van der Waals surface area contributed by atoms with Crippen molar-refractivity contribution in [3.8, 4) is 0 Å². The van der Waals surface area contributed by atoms with Gasteiger partial charge in [-0.25, -0.2) is 0 Å². The van der Waals surface area contributed by atoms with Crippen LogP contribution in [0.3, 0.4) is 0 Å². The van der Waals surface area contributed by atoms with Crippen LogP contribution < -0.4 is 5.73 Å². The Kier molecular flexibility index (Phi) is 4.95. The summed E-state index contributed by atoms with van der Waals surface area (Å²) in [4.78, 5) is 0. The summed E-state index contributed by atoms with van der Waals surface area (Å²) in [5.41, 5.74) is 7.05. The highest BCUT2D eigenvalue weighted by atomic mass is 16.3. The minimum atomic E-state index is -0.287. The lowest BCUT2D eigenvalue weighted by Gasteiger charge is -2.03. The van der Waals surface area contributed by atoms with Crippen molar-refractivity contribution in [3.63, 3.8) is 0 Å². The van der Waals surface area contributed by atoms with E-state index in [1.165, 1.54) is 0 Å². The average molecular weight is 118 g/mol. The van der Waals surface area contributed by atoms with Crippen LogP contribution in [0.1, 0.15) is 12.8 Å². The molecule has 0 unspecified atom stereocenters. The molecule has 0 saturated carbocycles. The molecule has 0 saturated heterocycles. The largest absolute Gasteiger partial charge is 0.396 e. The van der Waals surface area contributed by atoms with Crippen molar-refractivity contribution in [1.29, 1.82) is 0 Å². The Morgan fingerprint density at radius 1 is 1.12 bits per heavy atom. The number of nitrogens with one attached hydrogen (secondary N) is 1. The Hall–Kier alpha value is -0.120. The molecule has 0 atom stereocenters. The summed E-state index contributed by atoms with van der Waals surface area (Å²) in [6, 6.07) is -0.287. The molecular weight excluding hydrogens is 106 g/mol. The van der Waals surface area contributed by atoms with Gasteiger partial charge in [0.05, 0.1) is 0 Å². The maximum Gasteiger partial charge on any atom is 0.0446 e. The fourth-order valence-corrected chi connectivity index (χ4v) is 0.456. The quantitative estimate of drug-likeness (QED) is 0.518. The fraction of sp³-hybridized carbons (Fsp3) is 1.00. The van der Waals surface area contributed by atoms with Gasteiger partial charge in [-0.2, -0.15) is 0 Å². The second-order valence-electron chi connectivity index (χ2n) is 1.72. The first-order valence-corrected chi connectivity index (χ1v) is 2.74. The third-order valence-electron chi connectivity index (χ3n) is 0.955. The van der Waals surface area contributed by atoms with E-state index in [2.05, 4.69) is 0 Å². The van der Waals surface area contributed by atoms with E-state index < -0.39 is 0 Å². The number of hydrogen-bond acceptors (Lipinski definition) is 2. The summed E-state index contributed by atoms with van der Waals surface area (Å²) in [5.74, 6) is 0. The molecule has 0 fully saturated rings. The molecule has 0 aliphatic heterocycles. The summed E-state index contributed by atoms with van der Waals surface area (Å²) >= 11 is 0. The highest BCUT2D eigenvalue weighted by Crippen LogP contribution is 1.92. The van der Waals surface area contributed by atoms with Gasteiger partial charge in [0.15, 0.2) is 0 Å². The summed E-state index contributed by atoms with van der Waals surface area (Å²) in [6.45, 7) is 0.0995. The van der Waals surface area contributed by atoms with Crippen molar-refractivity contribution in [2.75, 3.05) is 13.2 Å². The SMILES string of the molecule is [NH]C(CCO)CCO. The van der Waals surface area contributed by atoms with Crippen LogP contribution in [0.25, 0.3) is 0 Å². The van der Waals surface area contributed by atoms with Crippen LogP contribution in [0.5, 0.6) is 0 Å². The Labute approximate surface area is 49.1 Å². The predicted octanol–water partition coefficient (Wildman–Crippen LogP) is -0.597. The van der Waals surface area contributed by atoms with Crippen molar-refractivity contribution in [2.45, 2.75) is 18.9 Å². The molecule has 0 aromatic carbocycles. The van der Waals surface area contributed by atoms with E-state index in [1.807, 2.05) is 0 Å². The van der Waals surface area contributed by atoms with Crippen molar-refractivity contribution >= 4 is 0 Å². The van der Waals surface area contributed by atoms with Gasteiger partial charge in [0.2, 0.25) is 0 Å². The fourth-order valence-electron chi connectivity index (χ4n) is 0.456. The normalized spacial score (nSPS) is 10.5. The minimum Gasteiger partial charge on any atom is -0.396 e. The highest BCUT2D eigenvalue weighted by Gasteiger charge is 1.98. The standard InChI is InChI=1S/C5H12NO2/c6-5(1-3-7)2-4-8/h5-8H,1-4H2. The van der Waals surface area contributed by atoms with Crippen molar-refractivity contribution in [2.24, 2.45) is 0 Å². The first-order valence-electron chi connectivity index (χ1n) is 2.74. The smallest absolute Gasteiger partial charge is 0.0446 e. The Bertz CT molecular complexity index is 43.7. The Morgan fingerprint density at radius 2 is 1.50 bits per heavy atom. The minimum absolute atomic E-state index is 0.0498. The van der Waals surface area contributed by atoms with Crippen molar-refractivity contribution < 1.29 is 10.2 Å². The van der Waals surface area contributed by atoms with Gasteiger partial charge in [-0.05, 0) is 12.8 Å². The van der Waals surface area contributed by atoms with Gasteiger partial charge in [-0.1, -0.05) is 0 Å². The summed E-state index contributed by atoms with van der Waals surface area (Å²) in [5, 5.41) is 16.5. The van der Waals surface area contributed by atoms with E-state index >= 15 is 0 Å². The summed E-state index contributed by atoms with van der Waals surface area (Å²) in [6.07, 6.45) is 0.946. The lowest BCUT2D eigenvalue weighted by molar-refractivity contribution is 0.240. The highest BCUT2D eigenvalue weighted by molar-refractivity contribution is 4.56. The lowest BCUT2D eigenvalue weighted by Crippen LogP contribution is -2.12. The zero-order chi connectivity index (χ0) is 6.41. The van der Waals surface area contributed by atoms with Gasteiger partial charge >= 0.3 is 0 Å². The zero-order valence-electron chi connectivity index (χ0n) is 4.80. The molecule has 0 spiro atoms. The van der Waals surface area contributed by atoms with E-state index in [4.69, 9.17) is 15.9 Å². The summed E-state index contributed by atoms with van der Waals surface area (Å²) in [7, 11) is 0. The molecule has 0 amide bonds. The van der Waals surface area contributed by atoms with Crippen molar-refractivity contribution in [1.82, 2.24) is 5.73 Å². The second-order valence-corrected chi connectivity index (χ2v) is 1.72. The molecule has 3 nitrogen and oxygen atoms in total. The molecule has 8 heavy (non-hydrogen) atoms. The molecule has 3 heteroatoms. The van der Waals surface area contributed by atoms with Gasteiger partial charge in [0.1, 0.15) is 0 Å². The molecule has 0 rings (SSSR count). The third kappa shape index (κ3) is 4.05. The molecular formula is C5H12NO2. The molecule has 0 aliphatic carbocycles. The molecule has 0 aromatic rings. The Balaban J connectivity index is 2.92. The molecule has 0 bridgehead atoms. The maximum atomic E-state index is 8.26. The predicted molar refractivity (Wildman–Crippen MR) is 30.3 cm³/mol. The molecule has 0 heterocycles. The maximum absolute atomic E-state index is 8.26. The number of aliphatic hydroxyl groups is 2. The van der Waals surface area contributed by atoms with Crippen LogP contribution in [0.15, 0.2) is 0 Å². The van der Waals surface area contributed by atoms with Gasteiger partial charge in [0.25, 0.3) is 0 Å². The van der Waals surface area contributed by atoms with Crippen molar-refractivity contribution in [3.05, 3.63) is 0 Å². The molecule has 0 aromatic heterocycles. The summed E-state index contributed by atoms with van der Waals surface area (Å²) < 4.78 is 0. The monoisotopic (exact) mass is 118 g/mol. The van der Waals surface area contributed by atoms with Gasteiger partial charge in [-0.15, -0.1) is 0 Å². The van der Waals surface area contributed by atoms with E-state index in [1.54, 1.807) is 0 Å². The van der Waals surface area contributed by atoms with Crippen LogP contribution in [-0.4, -0.2) is 29.5 Å². The molecule has 49 valence electrons. The molecule has 3 N–H and O–H groups in total. The van der Waals surface area contributed by atoms with Crippen LogP contribution >= 0.6 is 0 Å². The van der Waals surface area contributed by atoms with Crippen LogP contribution in [-0.2, 0) is 0 Å². The molecule has 0 aliphatic rings. The van der Waals surface area contributed by atoms with Crippen LogP contribution in [0.4, 0.5) is 0 Å². The van der Waals surface area contributed by atoms with E-state index in [9.17, 15) is 0 Å². The number of hydrogen-bond donors (Lipinski definition) is 2. The van der Waals surface area contributed by atoms with E-state index in [0.29, 0.717) is 12.8 Å². The average Bonchev–Trinajstić information content (AvgIpc) is 1.68. The van der Waals surface area contributed by atoms with E-state index in [-0.39, 0.29) is 19.3 Å². The lowest BCUT2D eigenvalue weighted by atomic mass is 10.2. The first kappa shape index (κ1) is 7.88. The van der Waals surface area contributed by atoms with E-state index in [0.717, 1.165) is 0 Å². The Morgan fingerprint density at radius 3 is 1.75 bits per heavy atom. The van der Waals surface area contributed by atoms with Gasteiger partial charge in [-0.3, -0.25) is 5.73 Å².